The van der Waals surface area contributed by atoms with Gasteiger partial charge in [-0.3, -0.25) is 9.59 Å². The molecule has 0 bridgehead atoms. The summed E-state index contributed by atoms with van der Waals surface area (Å²) in [6.07, 6.45) is 2.39. The molecular formula is C16H22N4O4S3. The van der Waals surface area contributed by atoms with Gasteiger partial charge in [0.25, 0.3) is 0 Å². The molecule has 2 amide bonds. The number of sulfone groups is 1. The predicted molar refractivity (Wildman–Crippen MR) is 106 cm³/mol. The molecule has 0 unspecified atom stereocenters. The van der Waals surface area contributed by atoms with E-state index in [2.05, 4.69) is 20.6 Å². The van der Waals surface area contributed by atoms with Crippen molar-refractivity contribution in [2.45, 2.75) is 61.8 Å². The van der Waals surface area contributed by atoms with Crippen LogP contribution in [0.15, 0.2) is 8.42 Å². The van der Waals surface area contributed by atoms with Crippen LogP contribution < -0.4 is 10.6 Å². The molecule has 0 aliphatic rings. The second-order valence-electron chi connectivity index (χ2n) is 5.87. The Balaban J connectivity index is 2.57. The summed E-state index contributed by atoms with van der Waals surface area (Å²) in [5.41, 5.74) is 0.867. The average Bonchev–Trinajstić information content (AvgIpc) is 3.12. The molecule has 2 aromatic heterocycles. The highest BCUT2D eigenvalue weighted by molar-refractivity contribution is 7.95. The van der Waals surface area contributed by atoms with Gasteiger partial charge in [0.05, 0.1) is 11.4 Å². The van der Waals surface area contributed by atoms with E-state index < -0.39 is 9.84 Å². The second-order valence-corrected chi connectivity index (χ2v) is 10.2. The van der Waals surface area contributed by atoms with Gasteiger partial charge in [-0.15, -0.1) is 0 Å². The van der Waals surface area contributed by atoms with Gasteiger partial charge in [-0.2, -0.15) is 0 Å². The molecule has 0 aliphatic carbocycles. The number of carbonyl (C=O) groups is 2. The first-order chi connectivity index (χ1) is 12.7. The van der Waals surface area contributed by atoms with Crippen molar-refractivity contribution >= 4 is 54.6 Å². The summed E-state index contributed by atoms with van der Waals surface area (Å²) in [7, 11) is -3.87. The maximum absolute atomic E-state index is 13.3. The Morgan fingerprint density at radius 3 is 1.52 bits per heavy atom. The third kappa shape index (κ3) is 5.11. The van der Waals surface area contributed by atoms with E-state index in [9.17, 15) is 18.0 Å². The molecule has 0 aliphatic heterocycles. The minimum absolute atomic E-state index is 0.114. The van der Waals surface area contributed by atoms with Crippen LogP contribution in [-0.4, -0.2) is 30.2 Å². The molecule has 8 nitrogen and oxygen atoms in total. The van der Waals surface area contributed by atoms with Crippen molar-refractivity contribution in [1.29, 1.82) is 0 Å². The lowest BCUT2D eigenvalue weighted by Crippen LogP contribution is -2.05. The summed E-state index contributed by atoms with van der Waals surface area (Å²) in [6.45, 7) is 6.55. The zero-order valence-electron chi connectivity index (χ0n) is 15.6. The zero-order chi connectivity index (χ0) is 20.2. The Hall–Kier alpha value is -1.85. The Labute approximate surface area is 166 Å². The van der Waals surface area contributed by atoms with E-state index in [1.807, 2.05) is 13.8 Å². The standard InChI is InChI=1S/C16H22N4O4S3/c1-5-7-11-13(25-15(19-11)17-9(3)21)27(23,24)14-12(8-6-2)20-16(26-14)18-10(4)22/h5-8H2,1-4H3,(H,17,19,21)(H,18,20,22). The number of hydrogen-bond donors (Lipinski definition) is 2. The summed E-state index contributed by atoms with van der Waals surface area (Å²) in [6, 6.07) is 0. The molecule has 0 fully saturated rings. The third-order valence-electron chi connectivity index (χ3n) is 3.35. The van der Waals surface area contributed by atoms with Gasteiger partial charge in [-0.05, 0) is 12.8 Å². The minimum atomic E-state index is -3.87. The van der Waals surface area contributed by atoms with Gasteiger partial charge >= 0.3 is 0 Å². The molecule has 0 saturated heterocycles. The monoisotopic (exact) mass is 430 g/mol. The lowest BCUT2D eigenvalue weighted by atomic mass is 10.3. The summed E-state index contributed by atoms with van der Waals surface area (Å²) >= 11 is 1.88. The number of nitrogens with one attached hydrogen (secondary N) is 2. The van der Waals surface area contributed by atoms with Crippen molar-refractivity contribution in [2.24, 2.45) is 0 Å². The molecule has 148 valence electrons. The molecule has 2 heterocycles. The van der Waals surface area contributed by atoms with Gasteiger partial charge in [0, 0.05) is 13.8 Å². The largest absolute Gasteiger partial charge is 0.302 e. The maximum Gasteiger partial charge on any atom is 0.229 e. The zero-order valence-corrected chi connectivity index (χ0v) is 18.0. The number of anilines is 2. The Bertz CT molecular complexity index is 877. The van der Waals surface area contributed by atoms with Gasteiger partial charge in [-0.25, -0.2) is 18.4 Å². The quantitative estimate of drug-likeness (QED) is 0.664. The number of aromatic nitrogens is 2. The molecule has 0 atom stereocenters. The van der Waals surface area contributed by atoms with Crippen molar-refractivity contribution in [3.63, 3.8) is 0 Å². The van der Waals surface area contributed by atoms with Crippen molar-refractivity contribution in [1.82, 2.24) is 9.97 Å². The molecule has 2 rings (SSSR count). The summed E-state index contributed by atoms with van der Waals surface area (Å²) < 4.78 is 26.9. The van der Waals surface area contributed by atoms with Gasteiger partial charge < -0.3 is 10.6 Å². The first-order valence-corrected chi connectivity index (χ1v) is 11.6. The van der Waals surface area contributed by atoms with Crippen molar-refractivity contribution < 1.29 is 18.0 Å². The van der Waals surface area contributed by atoms with Crippen LogP contribution in [0.25, 0.3) is 0 Å². The molecule has 0 aromatic carbocycles. The SMILES string of the molecule is CCCc1nc(NC(C)=O)sc1S(=O)(=O)c1sc(NC(C)=O)nc1CCC. The van der Waals surface area contributed by atoms with Gasteiger partial charge in [-0.1, -0.05) is 49.4 Å². The second kappa shape index (κ2) is 8.89. The summed E-state index contributed by atoms with van der Waals surface area (Å²) in [5.74, 6) is -0.624. The number of aryl methyl sites for hydroxylation is 2. The van der Waals surface area contributed by atoms with Crippen LogP contribution >= 0.6 is 22.7 Å². The lowest BCUT2D eigenvalue weighted by molar-refractivity contribution is -0.115. The van der Waals surface area contributed by atoms with Crippen molar-refractivity contribution in [3.05, 3.63) is 11.4 Å². The molecule has 0 spiro atoms. The molecule has 0 saturated carbocycles. The Morgan fingerprint density at radius 1 is 0.852 bits per heavy atom. The van der Waals surface area contributed by atoms with Crippen LogP contribution in [0.4, 0.5) is 10.3 Å². The minimum Gasteiger partial charge on any atom is -0.302 e. The van der Waals surface area contributed by atoms with E-state index in [1.165, 1.54) is 13.8 Å². The molecule has 27 heavy (non-hydrogen) atoms. The molecule has 2 aromatic rings. The Kier molecular flexibility index (Phi) is 7.06. The fraction of sp³-hybridized carbons (Fsp3) is 0.500. The van der Waals surface area contributed by atoms with E-state index in [-0.39, 0.29) is 30.5 Å². The topological polar surface area (TPSA) is 118 Å². The van der Waals surface area contributed by atoms with E-state index in [4.69, 9.17) is 0 Å². The number of amides is 2. The number of nitrogens with zero attached hydrogens (tertiary/aromatic N) is 2. The first-order valence-electron chi connectivity index (χ1n) is 8.48. The van der Waals surface area contributed by atoms with E-state index in [0.717, 1.165) is 22.7 Å². The highest BCUT2D eigenvalue weighted by Crippen LogP contribution is 2.38. The van der Waals surface area contributed by atoms with E-state index in [1.54, 1.807) is 0 Å². The fourth-order valence-electron chi connectivity index (χ4n) is 2.38. The predicted octanol–water partition coefficient (Wildman–Crippen LogP) is 3.25. The normalized spacial score (nSPS) is 11.4. The van der Waals surface area contributed by atoms with Gasteiger partial charge in [0.1, 0.15) is 8.42 Å². The number of thiazole rings is 2. The molecule has 0 radical (unpaired) electrons. The highest BCUT2D eigenvalue weighted by Gasteiger charge is 2.31. The van der Waals surface area contributed by atoms with E-state index in [0.29, 0.717) is 37.1 Å². The smallest absolute Gasteiger partial charge is 0.229 e. The molecule has 2 N–H and O–H groups in total. The van der Waals surface area contributed by atoms with E-state index >= 15 is 0 Å². The summed E-state index contributed by atoms with van der Waals surface area (Å²) in [5, 5.41) is 5.62. The van der Waals surface area contributed by atoms with Crippen LogP contribution in [0.2, 0.25) is 0 Å². The highest BCUT2D eigenvalue weighted by atomic mass is 32.3. The number of rotatable bonds is 8. The van der Waals surface area contributed by atoms with Crippen molar-refractivity contribution in [2.75, 3.05) is 10.6 Å². The van der Waals surface area contributed by atoms with Gasteiger partial charge in [0.15, 0.2) is 10.3 Å². The van der Waals surface area contributed by atoms with Crippen molar-refractivity contribution in [3.8, 4) is 0 Å². The fourth-order valence-corrected chi connectivity index (χ4v) is 7.05. The van der Waals surface area contributed by atoms with Crippen LogP contribution in [-0.2, 0) is 32.3 Å². The van der Waals surface area contributed by atoms with Crippen LogP contribution in [0, 0.1) is 0 Å². The summed E-state index contributed by atoms with van der Waals surface area (Å²) in [4.78, 5) is 31.2. The van der Waals surface area contributed by atoms with Crippen LogP contribution in [0.3, 0.4) is 0 Å². The number of carbonyl (C=O) groups excluding carboxylic acids is 2. The van der Waals surface area contributed by atoms with Crippen LogP contribution in [0.1, 0.15) is 51.9 Å². The van der Waals surface area contributed by atoms with Crippen LogP contribution in [0.5, 0.6) is 0 Å². The maximum atomic E-state index is 13.3. The molecule has 11 heteroatoms. The van der Waals surface area contributed by atoms with Gasteiger partial charge in [0.2, 0.25) is 21.7 Å². The molecular weight excluding hydrogens is 408 g/mol. The number of hydrogen-bond acceptors (Lipinski definition) is 8. The third-order valence-corrected chi connectivity index (χ3v) is 8.23. The first kappa shape index (κ1) is 21.5. The lowest BCUT2D eigenvalue weighted by Gasteiger charge is -2.03. The average molecular weight is 431 g/mol. The Morgan fingerprint density at radius 2 is 1.22 bits per heavy atom.